The normalized spacial score (nSPS) is 16.8. The highest BCUT2D eigenvalue weighted by molar-refractivity contribution is 5.96. The molecule has 1 atom stereocenters. The molecule has 1 amide bonds. The second-order valence-electron chi connectivity index (χ2n) is 6.12. The summed E-state index contributed by atoms with van der Waals surface area (Å²) in [6.07, 6.45) is 1.39. The van der Waals surface area contributed by atoms with E-state index in [9.17, 15) is 14.7 Å². The van der Waals surface area contributed by atoms with E-state index in [1.807, 2.05) is 0 Å². The van der Waals surface area contributed by atoms with Crippen LogP contribution in [0.15, 0.2) is 16.5 Å². The number of primary amides is 1. The monoisotopic (exact) mass is 347 g/mol. The van der Waals surface area contributed by atoms with Gasteiger partial charge in [-0.3, -0.25) is 14.5 Å². The predicted molar refractivity (Wildman–Crippen MR) is 89.3 cm³/mol. The van der Waals surface area contributed by atoms with Crippen LogP contribution in [0, 0.1) is 5.92 Å². The molecule has 0 saturated carbocycles. The molecule has 1 aromatic heterocycles. The number of hydrogen-bond donors (Lipinski definition) is 2. The minimum Gasteiger partial charge on any atom is -0.507 e. The number of rotatable bonds is 7. The molecular weight excluding hydrogens is 326 g/mol. The van der Waals surface area contributed by atoms with Gasteiger partial charge < -0.3 is 20.0 Å². The first-order valence-corrected chi connectivity index (χ1v) is 8.24. The van der Waals surface area contributed by atoms with Crippen molar-refractivity contribution in [2.45, 2.75) is 12.8 Å². The highest BCUT2D eigenvalue weighted by atomic mass is 16.5. The van der Waals surface area contributed by atoms with Crippen LogP contribution in [-0.2, 0) is 16.0 Å². The van der Waals surface area contributed by atoms with Crippen LogP contribution in [0.4, 0.5) is 0 Å². The van der Waals surface area contributed by atoms with Crippen LogP contribution in [0.3, 0.4) is 0 Å². The highest BCUT2D eigenvalue weighted by Crippen LogP contribution is 2.27. The number of aldehydes is 1. The van der Waals surface area contributed by atoms with E-state index in [0.29, 0.717) is 42.9 Å². The van der Waals surface area contributed by atoms with Crippen molar-refractivity contribution in [3.05, 3.63) is 23.6 Å². The molecule has 1 aliphatic heterocycles. The number of amides is 1. The summed E-state index contributed by atoms with van der Waals surface area (Å²) in [6.45, 7) is 3.83. The Morgan fingerprint density at radius 1 is 1.40 bits per heavy atom. The lowest BCUT2D eigenvalue weighted by molar-refractivity contribution is -0.122. The molecule has 0 radical (unpaired) electrons. The average Bonchev–Trinajstić information content (AvgIpc) is 3.02. The number of nitrogens with zero attached hydrogens (tertiary/aromatic N) is 2. The topological polar surface area (TPSA) is 119 Å². The molecule has 3 N–H and O–H groups in total. The van der Waals surface area contributed by atoms with Crippen molar-refractivity contribution >= 4 is 23.3 Å². The summed E-state index contributed by atoms with van der Waals surface area (Å²) in [4.78, 5) is 29.4. The second-order valence-corrected chi connectivity index (χ2v) is 6.12. The van der Waals surface area contributed by atoms with Crippen molar-refractivity contribution in [1.29, 1.82) is 0 Å². The van der Waals surface area contributed by atoms with Gasteiger partial charge in [-0.2, -0.15) is 0 Å². The van der Waals surface area contributed by atoms with Gasteiger partial charge in [-0.1, -0.05) is 0 Å². The molecule has 1 fully saturated rings. The molecule has 1 aliphatic rings. The fourth-order valence-electron chi connectivity index (χ4n) is 2.97. The number of aromatic hydroxyl groups is 1. The van der Waals surface area contributed by atoms with Gasteiger partial charge in [0.2, 0.25) is 5.91 Å². The Labute approximate surface area is 144 Å². The minimum absolute atomic E-state index is 0.0800. The zero-order valence-electron chi connectivity index (χ0n) is 13.8. The quantitative estimate of drug-likeness (QED) is 0.708. The molecule has 2 heterocycles. The fourth-order valence-corrected chi connectivity index (χ4v) is 2.97. The second kappa shape index (κ2) is 7.62. The van der Waals surface area contributed by atoms with Crippen molar-refractivity contribution in [1.82, 2.24) is 9.88 Å². The molecule has 1 unspecified atom stereocenters. The lowest BCUT2D eigenvalue weighted by Gasteiger charge is -2.27. The number of ether oxygens (including phenoxy) is 1. The number of fused-ring (bicyclic) bond motifs is 1. The largest absolute Gasteiger partial charge is 0.507 e. The molecule has 25 heavy (non-hydrogen) atoms. The van der Waals surface area contributed by atoms with Crippen LogP contribution >= 0.6 is 0 Å². The summed E-state index contributed by atoms with van der Waals surface area (Å²) < 4.78 is 10.9. The summed E-state index contributed by atoms with van der Waals surface area (Å²) in [5, 5.41) is 9.71. The van der Waals surface area contributed by atoms with E-state index < -0.39 is 11.8 Å². The number of aromatic nitrogens is 1. The molecule has 1 aromatic carbocycles. The number of hydrogen-bond acceptors (Lipinski definition) is 7. The number of carbonyl (C=O) groups excluding carboxylic acids is 2. The Hall–Kier alpha value is -2.45. The number of oxazole rings is 1. The van der Waals surface area contributed by atoms with Gasteiger partial charge in [0.1, 0.15) is 11.3 Å². The zero-order chi connectivity index (χ0) is 17.8. The highest BCUT2D eigenvalue weighted by Gasteiger charge is 2.22. The molecule has 134 valence electrons. The Morgan fingerprint density at radius 3 is 2.84 bits per heavy atom. The summed E-state index contributed by atoms with van der Waals surface area (Å²) in [5.41, 5.74) is 6.29. The fraction of sp³-hybridized carbons (Fsp3) is 0.471. The first-order valence-electron chi connectivity index (χ1n) is 8.24. The maximum Gasteiger partial charge on any atom is 0.221 e. The summed E-state index contributed by atoms with van der Waals surface area (Å²) in [6, 6.07) is 2.92. The maximum absolute atomic E-state index is 11.8. The number of carbonyl (C=O) groups is 2. The van der Waals surface area contributed by atoms with Crippen LogP contribution < -0.4 is 5.73 Å². The van der Waals surface area contributed by atoms with Crippen LogP contribution in [0.25, 0.3) is 11.1 Å². The van der Waals surface area contributed by atoms with E-state index in [4.69, 9.17) is 14.9 Å². The van der Waals surface area contributed by atoms with Crippen molar-refractivity contribution in [2.24, 2.45) is 11.7 Å². The van der Waals surface area contributed by atoms with E-state index >= 15 is 0 Å². The molecule has 8 heteroatoms. The van der Waals surface area contributed by atoms with Gasteiger partial charge in [0.15, 0.2) is 17.8 Å². The smallest absolute Gasteiger partial charge is 0.221 e. The van der Waals surface area contributed by atoms with E-state index in [2.05, 4.69) is 9.88 Å². The Kier molecular flexibility index (Phi) is 5.30. The van der Waals surface area contributed by atoms with Crippen LogP contribution in [0.1, 0.15) is 22.7 Å². The number of phenols is 1. The zero-order valence-corrected chi connectivity index (χ0v) is 13.8. The maximum atomic E-state index is 11.8. The molecule has 3 rings (SSSR count). The van der Waals surface area contributed by atoms with Crippen molar-refractivity contribution < 1.29 is 23.8 Å². The minimum atomic E-state index is -0.413. The van der Waals surface area contributed by atoms with Crippen LogP contribution in [-0.4, -0.2) is 60.0 Å². The van der Waals surface area contributed by atoms with Crippen molar-refractivity contribution in [2.75, 3.05) is 32.8 Å². The number of benzene rings is 1. The van der Waals surface area contributed by atoms with Gasteiger partial charge in [-0.15, -0.1) is 0 Å². The molecule has 2 aromatic rings. The number of nitrogens with two attached hydrogens (primary N) is 1. The van der Waals surface area contributed by atoms with Crippen molar-refractivity contribution in [3.8, 4) is 5.75 Å². The first-order chi connectivity index (χ1) is 12.1. The Balaban J connectivity index is 1.72. The van der Waals surface area contributed by atoms with Gasteiger partial charge >= 0.3 is 0 Å². The number of morpholine rings is 1. The van der Waals surface area contributed by atoms with Crippen LogP contribution in [0.5, 0.6) is 5.75 Å². The first kappa shape index (κ1) is 17.4. The molecule has 0 bridgehead atoms. The van der Waals surface area contributed by atoms with Crippen molar-refractivity contribution in [3.63, 3.8) is 0 Å². The molecule has 1 saturated heterocycles. The van der Waals surface area contributed by atoms with E-state index in [-0.39, 0.29) is 17.7 Å². The molecule has 8 nitrogen and oxygen atoms in total. The van der Waals surface area contributed by atoms with E-state index in [1.54, 1.807) is 6.07 Å². The van der Waals surface area contributed by atoms with Gasteiger partial charge in [0.25, 0.3) is 0 Å². The van der Waals surface area contributed by atoms with Gasteiger partial charge in [0.05, 0.1) is 18.8 Å². The lowest BCUT2D eigenvalue weighted by Crippen LogP contribution is -2.38. The molecular formula is C17H21N3O5. The van der Waals surface area contributed by atoms with E-state index in [1.165, 1.54) is 6.07 Å². The third-order valence-electron chi connectivity index (χ3n) is 4.46. The third-order valence-corrected chi connectivity index (χ3v) is 4.46. The summed E-state index contributed by atoms with van der Waals surface area (Å²) in [7, 11) is 0. The molecule has 0 aliphatic carbocycles. The summed E-state index contributed by atoms with van der Waals surface area (Å²) >= 11 is 0. The summed E-state index contributed by atoms with van der Waals surface area (Å²) in [5.74, 6) is -0.645. The number of phenolic OH excluding ortho intramolecular Hbond substituents is 1. The van der Waals surface area contributed by atoms with Gasteiger partial charge in [0, 0.05) is 25.4 Å². The average molecular weight is 347 g/mol. The standard InChI is InChI=1S/C17H21N3O5/c18-17(23)11(3-4-20-5-7-24-8-6-20)9-15-19-16-12(10-21)13(22)1-2-14(16)25-15/h1-2,10-11,22H,3-9H2,(H2,18,23). The SMILES string of the molecule is NC(=O)C(CCN1CCOCC1)Cc1nc2c(C=O)c(O)ccc2o1. The Morgan fingerprint density at radius 2 is 2.16 bits per heavy atom. The van der Waals surface area contributed by atoms with Gasteiger partial charge in [-0.05, 0) is 25.1 Å². The Bertz CT molecular complexity index is 767. The lowest BCUT2D eigenvalue weighted by atomic mass is 10.0. The van der Waals surface area contributed by atoms with Crippen LogP contribution in [0.2, 0.25) is 0 Å². The third kappa shape index (κ3) is 3.97. The molecule has 0 spiro atoms. The van der Waals surface area contributed by atoms with Gasteiger partial charge in [-0.25, -0.2) is 4.98 Å². The van der Waals surface area contributed by atoms with E-state index in [0.717, 1.165) is 19.6 Å². The predicted octanol–water partition coefficient (Wildman–Crippen LogP) is 0.712.